The van der Waals surface area contributed by atoms with E-state index < -0.39 is 0 Å². The molecule has 0 aliphatic carbocycles. The number of nitro groups is 1. The first-order valence-electron chi connectivity index (χ1n) is 4.84. The maximum absolute atomic E-state index is 10.7. The van der Waals surface area contributed by atoms with Crippen molar-refractivity contribution in [2.75, 3.05) is 18.0 Å². The molecule has 0 radical (unpaired) electrons. The standard InChI is InChI=1S/C10H13N3O2/c1-7-9(12-5-8(11)6-12)3-2-4-10(7)13(14)15/h2-4,8H,5-6,11H2,1H3. The summed E-state index contributed by atoms with van der Waals surface area (Å²) in [5.41, 5.74) is 7.49. The molecule has 0 spiro atoms. The van der Waals surface area contributed by atoms with Crippen LogP contribution in [0.3, 0.4) is 0 Å². The van der Waals surface area contributed by atoms with Gasteiger partial charge in [0.15, 0.2) is 0 Å². The molecular weight excluding hydrogens is 194 g/mol. The minimum Gasteiger partial charge on any atom is -0.368 e. The molecular formula is C10H13N3O2. The molecule has 1 aliphatic heterocycles. The lowest BCUT2D eigenvalue weighted by Gasteiger charge is -2.39. The molecule has 0 bridgehead atoms. The predicted octanol–water partition coefficient (Wildman–Crippen LogP) is 1.05. The van der Waals surface area contributed by atoms with E-state index in [1.54, 1.807) is 13.0 Å². The third kappa shape index (κ3) is 1.66. The van der Waals surface area contributed by atoms with Crippen LogP contribution in [0.4, 0.5) is 11.4 Å². The molecule has 5 heteroatoms. The molecule has 1 heterocycles. The van der Waals surface area contributed by atoms with Gasteiger partial charge in [0.05, 0.1) is 10.5 Å². The number of nitrogens with zero attached hydrogens (tertiary/aromatic N) is 2. The van der Waals surface area contributed by atoms with E-state index in [-0.39, 0.29) is 16.7 Å². The first-order valence-corrected chi connectivity index (χ1v) is 4.84. The minimum absolute atomic E-state index is 0.174. The number of nitro benzene ring substituents is 1. The summed E-state index contributed by atoms with van der Waals surface area (Å²) in [6.45, 7) is 3.33. The molecule has 0 amide bonds. The molecule has 80 valence electrons. The highest BCUT2D eigenvalue weighted by Crippen LogP contribution is 2.30. The van der Waals surface area contributed by atoms with Crippen LogP contribution in [0.5, 0.6) is 0 Å². The normalized spacial score (nSPS) is 16.3. The number of nitrogens with two attached hydrogens (primary N) is 1. The van der Waals surface area contributed by atoms with Gasteiger partial charge in [-0.25, -0.2) is 0 Å². The number of hydrogen-bond acceptors (Lipinski definition) is 4. The van der Waals surface area contributed by atoms with Gasteiger partial charge in [-0.05, 0) is 13.0 Å². The van der Waals surface area contributed by atoms with Crippen molar-refractivity contribution >= 4 is 11.4 Å². The summed E-state index contributed by atoms with van der Waals surface area (Å²) in [7, 11) is 0. The van der Waals surface area contributed by atoms with Crippen LogP contribution in [0, 0.1) is 17.0 Å². The Bertz CT molecular complexity index is 400. The van der Waals surface area contributed by atoms with Crippen molar-refractivity contribution in [2.24, 2.45) is 5.73 Å². The highest BCUT2D eigenvalue weighted by molar-refractivity contribution is 5.62. The lowest BCUT2D eigenvalue weighted by Crippen LogP contribution is -2.56. The highest BCUT2D eigenvalue weighted by atomic mass is 16.6. The van der Waals surface area contributed by atoms with Crippen LogP contribution in [0.1, 0.15) is 5.56 Å². The summed E-state index contributed by atoms with van der Waals surface area (Å²) in [6, 6.07) is 5.33. The van der Waals surface area contributed by atoms with Crippen LogP contribution in [0.15, 0.2) is 18.2 Å². The average molecular weight is 207 g/mol. The Morgan fingerprint density at radius 3 is 2.73 bits per heavy atom. The maximum Gasteiger partial charge on any atom is 0.274 e. The third-order valence-corrected chi connectivity index (χ3v) is 2.72. The zero-order chi connectivity index (χ0) is 11.0. The fraction of sp³-hybridized carbons (Fsp3) is 0.400. The predicted molar refractivity (Wildman–Crippen MR) is 58.0 cm³/mol. The van der Waals surface area contributed by atoms with E-state index in [0.29, 0.717) is 0 Å². The maximum atomic E-state index is 10.7. The van der Waals surface area contributed by atoms with Crippen LogP contribution >= 0.6 is 0 Å². The smallest absolute Gasteiger partial charge is 0.274 e. The minimum atomic E-state index is -0.349. The zero-order valence-corrected chi connectivity index (χ0v) is 8.51. The first-order chi connectivity index (χ1) is 7.09. The fourth-order valence-corrected chi connectivity index (χ4v) is 1.86. The van der Waals surface area contributed by atoms with Crippen molar-refractivity contribution in [2.45, 2.75) is 13.0 Å². The van der Waals surface area contributed by atoms with Gasteiger partial charge in [0.25, 0.3) is 5.69 Å². The van der Waals surface area contributed by atoms with Crippen LogP contribution in [0.25, 0.3) is 0 Å². The van der Waals surface area contributed by atoms with Crippen molar-refractivity contribution in [1.29, 1.82) is 0 Å². The van der Waals surface area contributed by atoms with Crippen molar-refractivity contribution in [3.8, 4) is 0 Å². The monoisotopic (exact) mass is 207 g/mol. The van der Waals surface area contributed by atoms with Crippen molar-refractivity contribution in [3.05, 3.63) is 33.9 Å². The molecule has 2 rings (SSSR count). The van der Waals surface area contributed by atoms with Crippen LogP contribution in [-0.2, 0) is 0 Å². The summed E-state index contributed by atoms with van der Waals surface area (Å²) >= 11 is 0. The largest absolute Gasteiger partial charge is 0.368 e. The second-order valence-electron chi connectivity index (χ2n) is 3.84. The molecule has 0 aromatic heterocycles. The van der Waals surface area contributed by atoms with Gasteiger partial charge < -0.3 is 10.6 Å². The van der Waals surface area contributed by atoms with E-state index in [0.717, 1.165) is 24.3 Å². The Hall–Kier alpha value is -1.62. The number of benzene rings is 1. The number of rotatable bonds is 2. The van der Waals surface area contributed by atoms with Gasteiger partial charge >= 0.3 is 0 Å². The molecule has 0 unspecified atom stereocenters. The lowest BCUT2D eigenvalue weighted by atomic mass is 10.1. The third-order valence-electron chi connectivity index (χ3n) is 2.72. The molecule has 2 N–H and O–H groups in total. The van der Waals surface area contributed by atoms with Gasteiger partial charge in [-0.1, -0.05) is 6.07 Å². The van der Waals surface area contributed by atoms with E-state index in [2.05, 4.69) is 4.90 Å². The van der Waals surface area contributed by atoms with Crippen molar-refractivity contribution in [3.63, 3.8) is 0 Å². The zero-order valence-electron chi connectivity index (χ0n) is 8.51. The summed E-state index contributed by atoms with van der Waals surface area (Å²) in [6.07, 6.45) is 0. The molecule has 5 nitrogen and oxygen atoms in total. The molecule has 1 aliphatic rings. The molecule has 15 heavy (non-hydrogen) atoms. The lowest BCUT2D eigenvalue weighted by molar-refractivity contribution is -0.385. The Morgan fingerprint density at radius 1 is 1.53 bits per heavy atom. The quantitative estimate of drug-likeness (QED) is 0.581. The summed E-state index contributed by atoms with van der Waals surface area (Å²) in [5, 5.41) is 10.7. The molecule has 1 fully saturated rings. The van der Waals surface area contributed by atoms with Gasteiger partial charge in [0, 0.05) is 30.9 Å². The molecule has 1 aromatic carbocycles. The van der Waals surface area contributed by atoms with Crippen molar-refractivity contribution in [1.82, 2.24) is 0 Å². The Balaban J connectivity index is 2.32. The number of anilines is 1. The average Bonchev–Trinajstić information content (AvgIpc) is 2.13. The van der Waals surface area contributed by atoms with Gasteiger partial charge in [-0.15, -0.1) is 0 Å². The fourth-order valence-electron chi connectivity index (χ4n) is 1.86. The van der Waals surface area contributed by atoms with Gasteiger partial charge in [-0.3, -0.25) is 10.1 Å². The second-order valence-corrected chi connectivity index (χ2v) is 3.84. The molecule has 1 saturated heterocycles. The molecule has 0 saturated carbocycles. The van der Waals surface area contributed by atoms with E-state index in [1.807, 2.05) is 6.07 Å². The topological polar surface area (TPSA) is 72.4 Å². The van der Waals surface area contributed by atoms with E-state index in [9.17, 15) is 10.1 Å². The van der Waals surface area contributed by atoms with E-state index in [4.69, 9.17) is 5.73 Å². The van der Waals surface area contributed by atoms with Gasteiger partial charge in [0.2, 0.25) is 0 Å². The highest BCUT2D eigenvalue weighted by Gasteiger charge is 2.26. The Labute approximate surface area is 87.6 Å². The van der Waals surface area contributed by atoms with Gasteiger partial charge in [-0.2, -0.15) is 0 Å². The van der Waals surface area contributed by atoms with Crippen LogP contribution in [0.2, 0.25) is 0 Å². The van der Waals surface area contributed by atoms with Crippen molar-refractivity contribution < 1.29 is 4.92 Å². The van der Waals surface area contributed by atoms with Crippen LogP contribution < -0.4 is 10.6 Å². The summed E-state index contributed by atoms with van der Waals surface area (Å²) in [5.74, 6) is 0. The van der Waals surface area contributed by atoms with E-state index >= 15 is 0 Å². The van der Waals surface area contributed by atoms with Gasteiger partial charge in [0.1, 0.15) is 0 Å². The van der Waals surface area contributed by atoms with E-state index in [1.165, 1.54) is 6.07 Å². The molecule has 1 aromatic rings. The second kappa shape index (κ2) is 3.51. The molecule has 0 atom stereocenters. The summed E-state index contributed by atoms with van der Waals surface area (Å²) in [4.78, 5) is 12.4. The first kappa shape index (κ1) is 9.92. The SMILES string of the molecule is Cc1c(N2CC(N)C2)cccc1[N+](=O)[O-]. The number of hydrogen-bond donors (Lipinski definition) is 1. The Kier molecular flexibility index (Phi) is 2.32. The van der Waals surface area contributed by atoms with Crippen LogP contribution in [-0.4, -0.2) is 24.1 Å². The summed E-state index contributed by atoms with van der Waals surface area (Å²) < 4.78 is 0. The Morgan fingerprint density at radius 2 is 2.20 bits per heavy atom.